The zero-order valence-corrected chi connectivity index (χ0v) is 14.0. The molecule has 3 aromatic rings. The van der Waals surface area contributed by atoms with Gasteiger partial charge in [0.25, 0.3) is 0 Å². The number of aromatic nitrogens is 2. The Bertz CT molecular complexity index is 759. The topological polar surface area (TPSA) is 29.3 Å². The van der Waals surface area contributed by atoms with Gasteiger partial charge in [-0.1, -0.05) is 50.1 Å². The van der Waals surface area contributed by atoms with Crippen LogP contribution in [0.25, 0.3) is 5.65 Å². The molecule has 0 saturated heterocycles. The van der Waals surface area contributed by atoms with Crippen LogP contribution in [0.4, 0.5) is 5.82 Å². The number of benzene rings is 1. The molecule has 3 heteroatoms. The molecule has 0 radical (unpaired) electrons. The van der Waals surface area contributed by atoms with Gasteiger partial charge in [-0.3, -0.25) is 4.40 Å². The van der Waals surface area contributed by atoms with Gasteiger partial charge in [-0.15, -0.1) is 0 Å². The van der Waals surface area contributed by atoms with Crippen LogP contribution < -0.4 is 5.32 Å². The van der Waals surface area contributed by atoms with E-state index in [1.165, 1.54) is 36.1 Å². The van der Waals surface area contributed by atoms with E-state index >= 15 is 0 Å². The zero-order chi connectivity index (χ0) is 16.1. The summed E-state index contributed by atoms with van der Waals surface area (Å²) in [5, 5.41) is 3.60. The fourth-order valence-corrected chi connectivity index (χ4v) is 2.88. The van der Waals surface area contributed by atoms with Crippen LogP contribution >= 0.6 is 0 Å². The Hall–Kier alpha value is -2.29. The van der Waals surface area contributed by atoms with Crippen molar-refractivity contribution in [3.05, 3.63) is 65.5 Å². The number of hydrogen-bond acceptors (Lipinski definition) is 2. The molecule has 0 unspecified atom stereocenters. The van der Waals surface area contributed by atoms with Gasteiger partial charge in [-0.2, -0.15) is 0 Å². The smallest absolute Gasteiger partial charge is 0.138 e. The molecule has 2 heterocycles. The number of rotatable bonds is 7. The summed E-state index contributed by atoms with van der Waals surface area (Å²) >= 11 is 0. The number of hydrogen-bond donors (Lipinski definition) is 1. The normalized spacial score (nSPS) is 11.0. The Balaban J connectivity index is 1.86. The third-order valence-corrected chi connectivity index (χ3v) is 4.17. The maximum atomic E-state index is 4.86. The van der Waals surface area contributed by atoms with Gasteiger partial charge in [0.15, 0.2) is 0 Å². The lowest BCUT2D eigenvalue weighted by molar-refractivity contribution is 0.710. The van der Waals surface area contributed by atoms with Gasteiger partial charge < -0.3 is 5.32 Å². The third kappa shape index (κ3) is 3.73. The molecule has 0 fully saturated rings. The number of nitrogens with zero attached hydrogens (tertiary/aromatic N) is 2. The second-order valence-electron chi connectivity index (χ2n) is 6.14. The van der Waals surface area contributed by atoms with Crippen molar-refractivity contribution in [1.29, 1.82) is 0 Å². The number of unbranched alkanes of at least 4 members (excludes halogenated alkanes) is 2. The summed E-state index contributed by atoms with van der Waals surface area (Å²) in [5.74, 6) is 1.14. The van der Waals surface area contributed by atoms with E-state index in [1.807, 2.05) is 0 Å². The van der Waals surface area contributed by atoms with E-state index in [4.69, 9.17) is 4.98 Å². The van der Waals surface area contributed by atoms with E-state index in [0.717, 1.165) is 24.4 Å². The van der Waals surface area contributed by atoms with E-state index in [0.29, 0.717) is 0 Å². The highest BCUT2D eigenvalue weighted by Gasteiger charge is 2.11. The van der Waals surface area contributed by atoms with Crippen LogP contribution in [0.15, 0.2) is 48.7 Å². The first kappa shape index (κ1) is 15.6. The molecule has 3 nitrogen and oxygen atoms in total. The summed E-state index contributed by atoms with van der Waals surface area (Å²) in [5.41, 5.74) is 4.75. The highest BCUT2D eigenvalue weighted by molar-refractivity contribution is 5.56. The maximum absolute atomic E-state index is 4.86. The van der Waals surface area contributed by atoms with E-state index < -0.39 is 0 Å². The summed E-state index contributed by atoms with van der Waals surface area (Å²) in [6, 6.07) is 14.8. The van der Waals surface area contributed by atoms with Gasteiger partial charge >= 0.3 is 0 Å². The van der Waals surface area contributed by atoms with Crippen LogP contribution in [0, 0.1) is 6.92 Å². The first-order valence-corrected chi connectivity index (χ1v) is 8.53. The molecule has 0 spiro atoms. The standard InChI is InChI=1S/C20H25N3/c1-3-4-6-11-18-20(21-15-17-9-7-5-8-10-17)23-13-12-16(2)14-19(23)22-18/h5,7-10,12-14,21H,3-4,6,11,15H2,1-2H3. The van der Waals surface area contributed by atoms with Crippen molar-refractivity contribution in [2.75, 3.05) is 5.32 Å². The summed E-state index contributed by atoms with van der Waals surface area (Å²) in [4.78, 5) is 4.86. The Kier molecular flexibility index (Phi) is 4.96. The van der Waals surface area contributed by atoms with Crippen LogP contribution in [-0.4, -0.2) is 9.38 Å². The van der Waals surface area contributed by atoms with E-state index in [9.17, 15) is 0 Å². The van der Waals surface area contributed by atoms with E-state index in [2.05, 4.69) is 72.2 Å². The third-order valence-electron chi connectivity index (χ3n) is 4.17. The van der Waals surface area contributed by atoms with Gasteiger partial charge in [0.2, 0.25) is 0 Å². The number of pyridine rings is 1. The second kappa shape index (κ2) is 7.32. The van der Waals surface area contributed by atoms with Crippen LogP contribution in [0.1, 0.15) is 43.0 Å². The second-order valence-corrected chi connectivity index (χ2v) is 6.14. The highest BCUT2D eigenvalue weighted by Crippen LogP contribution is 2.22. The minimum Gasteiger partial charge on any atom is -0.366 e. The minimum absolute atomic E-state index is 0.823. The largest absolute Gasteiger partial charge is 0.366 e. The first-order valence-electron chi connectivity index (χ1n) is 8.53. The molecular formula is C20H25N3. The van der Waals surface area contributed by atoms with Crippen molar-refractivity contribution in [1.82, 2.24) is 9.38 Å². The van der Waals surface area contributed by atoms with Crippen molar-refractivity contribution in [2.24, 2.45) is 0 Å². The Morgan fingerprint density at radius 2 is 1.91 bits per heavy atom. The van der Waals surface area contributed by atoms with E-state index in [-0.39, 0.29) is 0 Å². The van der Waals surface area contributed by atoms with Gasteiger partial charge in [0, 0.05) is 12.7 Å². The molecule has 1 aromatic carbocycles. The van der Waals surface area contributed by atoms with Gasteiger partial charge in [-0.05, 0) is 43.0 Å². The number of fused-ring (bicyclic) bond motifs is 1. The Labute approximate surface area is 138 Å². The summed E-state index contributed by atoms with van der Waals surface area (Å²) in [6.45, 7) is 5.17. The average molecular weight is 307 g/mol. The molecule has 2 aromatic heterocycles. The van der Waals surface area contributed by atoms with E-state index in [1.54, 1.807) is 0 Å². The monoisotopic (exact) mass is 307 g/mol. The SMILES string of the molecule is CCCCCc1nc2cc(C)ccn2c1NCc1ccccc1. The highest BCUT2D eigenvalue weighted by atomic mass is 15.1. The maximum Gasteiger partial charge on any atom is 0.138 e. The van der Waals surface area contributed by atoms with Crippen LogP contribution in [0.5, 0.6) is 0 Å². The molecule has 0 aliphatic rings. The molecular weight excluding hydrogens is 282 g/mol. The fourth-order valence-electron chi connectivity index (χ4n) is 2.88. The van der Waals surface area contributed by atoms with Crippen molar-refractivity contribution in [3.8, 4) is 0 Å². The van der Waals surface area contributed by atoms with Gasteiger partial charge in [-0.25, -0.2) is 4.98 Å². The molecule has 1 N–H and O–H groups in total. The fraction of sp³-hybridized carbons (Fsp3) is 0.350. The molecule has 0 aliphatic carbocycles. The predicted octanol–water partition coefficient (Wildman–Crippen LogP) is 4.99. The molecule has 0 aliphatic heterocycles. The predicted molar refractivity (Wildman–Crippen MR) is 96.9 cm³/mol. The van der Waals surface area contributed by atoms with Crippen LogP contribution in [-0.2, 0) is 13.0 Å². The Morgan fingerprint density at radius 3 is 2.70 bits per heavy atom. The lowest BCUT2D eigenvalue weighted by Gasteiger charge is -2.09. The lowest BCUT2D eigenvalue weighted by Crippen LogP contribution is -2.04. The number of nitrogens with one attached hydrogen (secondary N) is 1. The molecule has 0 bridgehead atoms. The van der Waals surface area contributed by atoms with Gasteiger partial charge in [0.05, 0.1) is 5.69 Å². The lowest BCUT2D eigenvalue weighted by atomic mass is 10.1. The summed E-state index contributed by atoms with van der Waals surface area (Å²) in [7, 11) is 0. The molecule has 0 amide bonds. The average Bonchev–Trinajstić information content (AvgIpc) is 2.90. The molecule has 23 heavy (non-hydrogen) atoms. The van der Waals surface area contributed by atoms with Crippen molar-refractivity contribution in [2.45, 2.75) is 46.1 Å². The zero-order valence-electron chi connectivity index (χ0n) is 14.0. The van der Waals surface area contributed by atoms with Crippen molar-refractivity contribution in [3.63, 3.8) is 0 Å². The summed E-state index contributed by atoms with van der Waals surface area (Å²) in [6.07, 6.45) is 6.84. The summed E-state index contributed by atoms with van der Waals surface area (Å²) < 4.78 is 2.18. The van der Waals surface area contributed by atoms with Crippen molar-refractivity contribution >= 4 is 11.5 Å². The van der Waals surface area contributed by atoms with Gasteiger partial charge in [0.1, 0.15) is 11.5 Å². The number of imidazole rings is 1. The van der Waals surface area contributed by atoms with Crippen LogP contribution in [0.2, 0.25) is 0 Å². The number of anilines is 1. The molecule has 0 saturated carbocycles. The number of aryl methyl sites for hydroxylation is 2. The molecule has 3 rings (SSSR count). The minimum atomic E-state index is 0.823. The molecule has 120 valence electrons. The quantitative estimate of drug-likeness (QED) is 0.623. The van der Waals surface area contributed by atoms with Crippen LogP contribution in [0.3, 0.4) is 0 Å². The van der Waals surface area contributed by atoms with Crippen molar-refractivity contribution < 1.29 is 0 Å². The Morgan fingerprint density at radius 1 is 1.09 bits per heavy atom. The molecule has 0 atom stereocenters. The first-order chi connectivity index (χ1) is 11.3.